The summed E-state index contributed by atoms with van der Waals surface area (Å²) in [4.78, 5) is 10.8. The molecule has 3 rings (SSSR count). The molecule has 3 atom stereocenters. The van der Waals surface area contributed by atoms with E-state index in [-0.39, 0.29) is 11.5 Å². The van der Waals surface area contributed by atoms with Gasteiger partial charge in [-0.3, -0.25) is 10.1 Å². The third kappa shape index (κ3) is 3.19. The molecule has 24 heavy (non-hydrogen) atoms. The van der Waals surface area contributed by atoms with Crippen LogP contribution in [0.1, 0.15) is 17.0 Å². The second-order valence-corrected chi connectivity index (χ2v) is 5.86. The monoisotopic (exact) mass is 329 g/mol. The number of fused-ring (bicyclic) bond motifs is 1. The van der Waals surface area contributed by atoms with Gasteiger partial charge in [-0.1, -0.05) is 42.5 Å². The quantitative estimate of drug-likeness (QED) is 0.673. The van der Waals surface area contributed by atoms with Crippen LogP contribution in [0.3, 0.4) is 0 Å². The Hall–Kier alpha value is -2.60. The first-order valence-corrected chi connectivity index (χ1v) is 7.77. The van der Waals surface area contributed by atoms with Gasteiger partial charge in [-0.2, -0.15) is 0 Å². The molecule has 6 nitrogen and oxygen atoms in total. The lowest BCUT2D eigenvalue weighted by Gasteiger charge is -2.36. The van der Waals surface area contributed by atoms with Crippen LogP contribution >= 0.6 is 0 Å². The topological polar surface area (TPSA) is 81.8 Å². The highest BCUT2D eigenvalue weighted by atomic mass is 16.6. The van der Waals surface area contributed by atoms with Gasteiger partial charge >= 0.3 is 0 Å². The smallest absolute Gasteiger partial charge is 0.211 e. The zero-order valence-corrected chi connectivity index (χ0v) is 13.3. The number of methoxy groups -OCH3 is 1. The summed E-state index contributed by atoms with van der Waals surface area (Å²) in [6, 6.07) is 14.9. The molecule has 0 saturated heterocycles. The Bertz CT molecular complexity index is 719. The van der Waals surface area contributed by atoms with Crippen LogP contribution in [0.25, 0.3) is 0 Å². The Balaban J connectivity index is 1.99. The minimum Gasteiger partial charge on any atom is -0.493 e. The molecule has 3 unspecified atom stereocenters. The average molecular weight is 329 g/mol. The van der Waals surface area contributed by atoms with Gasteiger partial charge in [0.25, 0.3) is 0 Å². The summed E-state index contributed by atoms with van der Waals surface area (Å²) in [6.07, 6.45) is -0.629. The van der Waals surface area contributed by atoms with Crippen LogP contribution in [0, 0.1) is 16.0 Å². The van der Waals surface area contributed by atoms with E-state index in [4.69, 9.17) is 9.47 Å². The van der Waals surface area contributed by atoms with Crippen molar-refractivity contribution in [2.75, 3.05) is 13.7 Å². The van der Waals surface area contributed by atoms with E-state index < -0.39 is 18.1 Å². The maximum atomic E-state index is 11.2. The first kappa shape index (κ1) is 16.3. The zero-order chi connectivity index (χ0) is 17.1. The molecule has 0 saturated carbocycles. The number of nitro groups is 1. The molecular weight excluding hydrogens is 310 g/mol. The maximum absolute atomic E-state index is 11.2. The van der Waals surface area contributed by atoms with Crippen molar-refractivity contribution in [2.45, 2.75) is 18.6 Å². The Morgan fingerprint density at radius 3 is 2.62 bits per heavy atom. The number of hydrogen-bond acceptors (Lipinski definition) is 5. The number of benzene rings is 2. The van der Waals surface area contributed by atoms with E-state index in [0.717, 1.165) is 5.56 Å². The predicted octanol–water partition coefficient (Wildman–Crippen LogP) is 2.63. The molecule has 0 aliphatic carbocycles. The summed E-state index contributed by atoms with van der Waals surface area (Å²) in [6.45, 7) is -0.266. The summed E-state index contributed by atoms with van der Waals surface area (Å²) in [5.74, 6) is 0.00758. The number of rotatable bonds is 5. The molecule has 1 heterocycles. The fourth-order valence-electron chi connectivity index (χ4n) is 3.27. The first-order valence-electron chi connectivity index (χ1n) is 7.77. The van der Waals surface area contributed by atoms with Crippen molar-refractivity contribution in [2.24, 2.45) is 5.92 Å². The Morgan fingerprint density at radius 1 is 1.21 bits per heavy atom. The van der Waals surface area contributed by atoms with E-state index in [0.29, 0.717) is 23.5 Å². The van der Waals surface area contributed by atoms with Crippen LogP contribution in [-0.4, -0.2) is 30.0 Å². The van der Waals surface area contributed by atoms with Gasteiger partial charge in [-0.25, -0.2) is 0 Å². The van der Waals surface area contributed by atoms with Crippen molar-refractivity contribution < 1.29 is 19.5 Å². The number of para-hydroxylation sites is 1. The highest BCUT2D eigenvalue weighted by Crippen LogP contribution is 2.45. The van der Waals surface area contributed by atoms with Gasteiger partial charge in [0.15, 0.2) is 11.5 Å². The van der Waals surface area contributed by atoms with Gasteiger partial charge in [-0.15, -0.1) is 0 Å². The summed E-state index contributed by atoms with van der Waals surface area (Å²) < 4.78 is 10.9. The van der Waals surface area contributed by atoms with Crippen molar-refractivity contribution in [3.05, 3.63) is 69.8 Å². The molecule has 0 radical (unpaired) electrons. The second-order valence-electron chi connectivity index (χ2n) is 5.86. The van der Waals surface area contributed by atoms with Crippen molar-refractivity contribution in [3.63, 3.8) is 0 Å². The second kappa shape index (κ2) is 6.88. The number of nitrogens with zero attached hydrogens (tertiary/aromatic N) is 1. The lowest BCUT2D eigenvalue weighted by Crippen LogP contribution is -2.40. The minimum atomic E-state index is -1.13. The van der Waals surface area contributed by atoms with Crippen molar-refractivity contribution >= 4 is 0 Å². The SMILES string of the molecule is COc1cccc2c1OC(O)C(Cc1ccccc1)C2C[N+](=O)[O-]. The standard InChI is InChI=1S/C18H19NO5/c1-23-16-9-5-8-13-15(11-19(21)22)14(18(20)24-17(13)16)10-12-6-3-2-4-7-12/h2-9,14-15,18,20H,10-11H2,1H3. The Labute approximate surface area is 139 Å². The highest BCUT2D eigenvalue weighted by molar-refractivity contribution is 5.50. The minimum absolute atomic E-state index is 0.266. The van der Waals surface area contributed by atoms with Gasteiger partial charge in [0.1, 0.15) is 0 Å². The van der Waals surface area contributed by atoms with Gasteiger partial charge in [0.2, 0.25) is 12.8 Å². The van der Waals surface area contributed by atoms with Crippen LogP contribution in [0.2, 0.25) is 0 Å². The van der Waals surface area contributed by atoms with Crippen LogP contribution in [0.5, 0.6) is 11.5 Å². The molecule has 6 heteroatoms. The Morgan fingerprint density at radius 2 is 1.96 bits per heavy atom. The van der Waals surface area contributed by atoms with E-state index in [1.807, 2.05) is 30.3 Å². The number of ether oxygens (including phenoxy) is 2. The van der Waals surface area contributed by atoms with Crippen molar-refractivity contribution in [1.82, 2.24) is 0 Å². The number of aliphatic hydroxyl groups excluding tert-OH is 1. The van der Waals surface area contributed by atoms with Gasteiger partial charge in [0.05, 0.1) is 13.0 Å². The molecule has 2 aromatic carbocycles. The molecule has 1 aliphatic heterocycles. The molecule has 2 aromatic rings. The number of aliphatic hydroxyl groups is 1. The van der Waals surface area contributed by atoms with E-state index in [1.54, 1.807) is 18.2 Å². The van der Waals surface area contributed by atoms with Crippen LogP contribution in [0.15, 0.2) is 48.5 Å². The Kier molecular flexibility index (Phi) is 4.66. The van der Waals surface area contributed by atoms with Crippen molar-refractivity contribution in [1.29, 1.82) is 0 Å². The molecule has 126 valence electrons. The lowest BCUT2D eigenvalue weighted by molar-refractivity contribution is -0.486. The third-order valence-corrected chi connectivity index (χ3v) is 4.41. The van der Waals surface area contributed by atoms with E-state index in [1.165, 1.54) is 7.11 Å². The van der Waals surface area contributed by atoms with Crippen LogP contribution in [0.4, 0.5) is 0 Å². The van der Waals surface area contributed by atoms with Gasteiger partial charge in [0, 0.05) is 16.4 Å². The third-order valence-electron chi connectivity index (χ3n) is 4.41. The fourth-order valence-corrected chi connectivity index (χ4v) is 3.27. The summed E-state index contributed by atoms with van der Waals surface area (Å²) in [7, 11) is 1.50. The first-order chi connectivity index (χ1) is 11.6. The molecule has 0 amide bonds. The fraction of sp³-hybridized carbons (Fsp3) is 0.333. The molecule has 0 fully saturated rings. The molecule has 1 aliphatic rings. The summed E-state index contributed by atoms with van der Waals surface area (Å²) in [5, 5.41) is 21.7. The molecular formula is C18H19NO5. The highest BCUT2D eigenvalue weighted by Gasteiger charge is 2.41. The van der Waals surface area contributed by atoms with Crippen molar-refractivity contribution in [3.8, 4) is 11.5 Å². The summed E-state index contributed by atoms with van der Waals surface area (Å²) in [5.41, 5.74) is 1.71. The van der Waals surface area contributed by atoms with Crippen LogP contribution in [-0.2, 0) is 6.42 Å². The summed E-state index contributed by atoms with van der Waals surface area (Å²) >= 11 is 0. The van der Waals surface area contributed by atoms with Gasteiger partial charge < -0.3 is 14.6 Å². The lowest BCUT2D eigenvalue weighted by atomic mass is 9.79. The molecule has 0 spiro atoms. The van der Waals surface area contributed by atoms with E-state index >= 15 is 0 Å². The molecule has 1 N–H and O–H groups in total. The normalized spacial score (nSPS) is 22.3. The maximum Gasteiger partial charge on any atom is 0.211 e. The largest absolute Gasteiger partial charge is 0.493 e. The van der Waals surface area contributed by atoms with Gasteiger partial charge in [-0.05, 0) is 18.1 Å². The average Bonchev–Trinajstić information content (AvgIpc) is 2.58. The van der Waals surface area contributed by atoms with E-state index in [2.05, 4.69) is 0 Å². The molecule has 0 aromatic heterocycles. The molecule has 0 bridgehead atoms. The van der Waals surface area contributed by atoms with Crippen LogP contribution < -0.4 is 9.47 Å². The predicted molar refractivity (Wildman–Crippen MR) is 87.9 cm³/mol. The zero-order valence-electron chi connectivity index (χ0n) is 13.3. The van der Waals surface area contributed by atoms with E-state index in [9.17, 15) is 15.2 Å². The number of hydrogen-bond donors (Lipinski definition) is 1.